The summed E-state index contributed by atoms with van der Waals surface area (Å²) in [6.07, 6.45) is 0. The second-order valence-electron chi connectivity index (χ2n) is 16.7. The molecule has 14 rings (SSSR count). The van der Waals surface area contributed by atoms with Gasteiger partial charge in [-0.2, -0.15) is 0 Å². The minimum atomic E-state index is 0.531. The summed E-state index contributed by atoms with van der Waals surface area (Å²) in [6.45, 7) is 0. The number of benzene rings is 10. The minimum Gasteiger partial charge on any atom is -0.455 e. The molecule has 4 heterocycles. The lowest BCUT2D eigenvalue weighted by atomic mass is 10.0. The van der Waals surface area contributed by atoms with Crippen LogP contribution >= 0.6 is 0 Å². The van der Waals surface area contributed by atoms with E-state index in [4.69, 9.17) is 19.4 Å². The summed E-state index contributed by atoms with van der Waals surface area (Å²) in [5.74, 6) is 1.69. The Morgan fingerprint density at radius 3 is 1.83 bits per heavy atom. The van der Waals surface area contributed by atoms with Crippen molar-refractivity contribution in [3.63, 3.8) is 0 Å². The number of para-hydroxylation sites is 4. The van der Waals surface area contributed by atoms with E-state index >= 15 is 0 Å². The Morgan fingerprint density at radius 1 is 0.354 bits per heavy atom. The van der Waals surface area contributed by atoms with Crippen molar-refractivity contribution in [3.8, 4) is 45.5 Å². The zero-order chi connectivity index (χ0) is 42.6. The maximum absolute atomic E-state index is 7.00. The predicted octanol–water partition coefficient (Wildman–Crippen LogP) is 15.3. The number of hydrogen-bond acceptors (Lipinski definition) is 4. The highest BCUT2D eigenvalue weighted by atomic mass is 16.3. The number of fused-ring (bicyclic) bond motifs is 12. The molecule has 0 saturated heterocycles. The Bertz CT molecular complexity index is 4240. The molecule has 10 aromatic carbocycles. The first-order valence-corrected chi connectivity index (χ1v) is 21.9. The van der Waals surface area contributed by atoms with Crippen molar-refractivity contribution in [1.82, 2.24) is 24.1 Å². The first-order valence-electron chi connectivity index (χ1n) is 21.9. The molecule has 65 heavy (non-hydrogen) atoms. The van der Waals surface area contributed by atoms with E-state index in [0.29, 0.717) is 23.1 Å². The van der Waals surface area contributed by atoms with E-state index in [0.717, 1.165) is 77.3 Å². The average molecular weight is 830 g/mol. The molecule has 0 aliphatic carbocycles. The fourth-order valence-corrected chi connectivity index (χ4v) is 10.3. The van der Waals surface area contributed by atoms with E-state index in [2.05, 4.69) is 191 Å². The molecule has 14 aromatic rings. The molecule has 302 valence electrons. The standard InChI is InChI=1S/C59H35N5O/c1-3-17-37(18-4-1)57-60-58(45-27-15-26-43-42-24-11-13-28-48(42)63(55(43)45)40-21-5-2-6-22-40)62-59(61-57)46-31-33-50(54-44-25-12-14-29-52(44)65-56(46)54)64-49-32-30-36-16-9-10-23-41(36)53(49)47-34-38-19-7-8-20-39(38)35-51(47)64/h1-35H. The third kappa shape index (κ3) is 5.31. The summed E-state index contributed by atoms with van der Waals surface area (Å²) in [6, 6.07) is 74.9. The summed E-state index contributed by atoms with van der Waals surface area (Å²) in [5, 5.41) is 11.6. The number of rotatable bonds is 5. The maximum atomic E-state index is 7.00. The highest BCUT2D eigenvalue weighted by Crippen LogP contribution is 2.45. The van der Waals surface area contributed by atoms with Gasteiger partial charge in [-0.05, 0) is 82.2 Å². The van der Waals surface area contributed by atoms with Crippen molar-refractivity contribution in [3.05, 3.63) is 212 Å². The molecule has 0 amide bonds. The topological polar surface area (TPSA) is 61.7 Å². The molecule has 0 spiro atoms. The van der Waals surface area contributed by atoms with Gasteiger partial charge in [0.25, 0.3) is 0 Å². The summed E-state index contributed by atoms with van der Waals surface area (Å²) >= 11 is 0. The molecule has 6 nitrogen and oxygen atoms in total. The van der Waals surface area contributed by atoms with Crippen molar-refractivity contribution < 1.29 is 4.42 Å². The van der Waals surface area contributed by atoms with Crippen LogP contribution in [0.2, 0.25) is 0 Å². The fourth-order valence-electron chi connectivity index (χ4n) is 10.3. The lowest BCUT2D eigenvalue weighted by molar-refractivity contribution is 0.669. The monoisotopic (exact) mass is 829 g/mol. The van der Waals surface area contributed by atoms with Gasteiger partial charge in [-0.1, -0.05) is 152 Å². The van der Waals surface area contributed by atoms with E-state index in [-0.39, 0.29) is 0 Å². The molecular formula is C59H35N5O. The Morgan fingerprint density at radius 2 is 1.00 bits per heavy atom. The van der Waals surface area contributed by atoms with Crippen LogP contribution in [0.25, 0.3) is 133 Å². The van der Waals surface area contributed by atoms with Crippen LogP contribution in [0.1, 0.15) is 0 Å². The molecule has 0 saturated carbocycles. The molecular weight excluding hydrogens is 795 g/mol. The quantitative estimate of drug-likeness (QED) is 0.173. The molecule has 4 aromatic heterocycles. The minimum absolute atomic E-state index is 0.531. The predicted molar refractivity (Wildman–Crippen MR) is 267 cm³/mol. The van der Waals surface area contributed by atoms with Crippen LogP contribution in [0, 0.1) is 0 Å². The van der Waals surface area contributed by atoms with Gasteiger partial charge >= 0.3 is 0 Å². The second-order valence-corrected chi connectivity index (χ2v) is 16.7. The summed E-state index contributed by atoms with van der Waals surface area (Å²) < 4.78 is 11.8. The van der Waals surface area contributed by atoms with E-state index in [1.165, 1.54) is 32.3 Å². The number of nitrogens with zero attached hydrogens (tertiary/aromatic N) is 5. The molecule has 0 N–H and O–H groups in total. The Kier molecular flexibility index (Phi) is 7.59. The van der Waals surface area contributed by atoms with Gasteiger partial charge in [0, 0.05) is 43.7 Å². The van der Waals surface area contributed by atoms with Crippen LogP contribution in [-0.4, -0.2) is 24.1 Å². The lowest BCUT2D eigenvalue weighted by Crippen LogP contribution is -2.03. The molecule has 0 unspecified atom stereocenters. The van der Waals surface area contributed by atoms with E-state index < -0.39 is 0 Å². The highest BCUT2D eigenvalue weighted by Gasteiger charge is 2.25. The van der Waals surface area contributed by atoms with Gasteiger partial charge < -0.3 is 13.6 Å². The van der Waals surface area contributed by atoms with E-state index in [1.54, 1.807) is 0 Å². The Labute approximate surface area is 371 Å². The van der Waals surface area contributed by atoms with Gasteiger partial charge in [0.2, 0.25) is 0 Å². The van der Waals surface area contributed by atoms with Gasteiger partial charge in [0.05, 0.1) is 38.7 Å². The van der Waals surface area contributed by atoms with Gasteiger partial charge in [0.15, 0.2) is 17.5 Å². The molecule has 0 aliphatic heterocycles. The largest absolute Gasteiger partial charge is 0.455 e. The van der Waals surface area contributed by atoms with Crippen LogP contribution in [-0.2, 0) is 0 Å². The van der Waals surface area contributed by atoms with Crippen molar-refractivity contribution in [2.75, 3.05) is 0 Å². The fraction of sp³-hybridized carbons (Fsp3) is 0. The summed E-state index contributed by atoms with van der Waals surface area (Å²) in [4.78, 5) is 16.0. The summed E-state index contributed by atoms with van der Waals surface area (Å²) in [5.41, 5.74) is 10.6. The van der Waals surface area contributed by atoms with E-state index in [9.17, 15) is 0 Å². The molecule has 0 radical (unpaired) electrons. The lowest BCUT2D eigenvalue weighted by Gasteiger charge is -2.14. The van der Waals surface area contributed by atoms with Gasteiger partial charge in [0.1, 0.15) is 11.2 Å². The van der Waals surface area contributed by atoms with Crippen molar-refractivity contribution in [1.29, 1.82) is 0 Å². The molecule has 0 bridgehead atoms. The molecule has 0 atom stereocenters. The molecule has 0 fully saturated rings. The second kappa shape index (κ2) is 13.8. The Balaban J connectivity index is 1.07. The SMILES string of the molecule is c1ccc(-c2nc(-c3ccc(-n4c5cc6ccccc6cc5c5c6ccccc6ccc54)c4c3oc3ccccc34)nc(-c3cccc4c5ccccc5n(-c5ccccc5)c34)n2)cc1. The zero-order valence-electron chi connectivity index (χ0n) is 34.9. The smallest absolute Gasteiger partial charge is 0.167 e. The van der Waals surface area contributed by atoms with E-state index in [1.807, 2.05) is 30.3 Å². The maximum Gasteiger partial charge on any atom is 0.167 e. The third-order valence-electron chi connectivity index (χ3n) is 13.1. The number of hydrogen-bond donors (Lipinski definition) is 0. The van der Waals surface area contributed by atoms with Crippen molar-refractivity contribution >= 4 is 87.1 Å². The van der Waals surface area contributed by atoms with Crippen molar-refractivity contribution in [2.24, 2.45) is 0 Å². The van der Waals surface area contributed by atoms with Gasteiger partial charge in [-0.25, -0.2) is 15.0 Å². The normalized spacial score (nSPS) is 12.0. The van der Waals surface area contributed by atoms with Gasteiger partial charge in [-0.3, -0.25) is 0 Å². The van der Waals surface area contributed by atoms with Crippen LogP contribution in [0.3, 0.4) is 0 Å². The first-order chi connectivity index (χ1) is 32.2. The van der Waals surface area contributed by atoms with Crippen LogP contribution in [0.4, 0.5) is 0 Å². The molecule has 0 aliphatic rings. The van der Waals surface area contributed by atoms with Crippen molar-refractivity contribution in [2.45, 2.75) is 0 Å². The first kappa shape index (κ1) is 35.7. The van der Waals surface area contributed by atoms with Gasteiger partial charge in [-0.15, -0.1) is 0 Å². The highest BCUT2D eigenvalue weighted by molar-refractivity contribution is 6.25. The number of furan rings is 1. The summed E-state index contributed by atoms with van der Waals surface area (Å²) in [7, 11) is 0. The Hall–Kier alpha value is -8.87. The third-order valence-corrected chi connectivity index (χ3v) is 13.1. The van der Waals surface area contributed by atoms with Crippen LogP contribution in [0.15, 0.2) is 217 Å². The average Bonchev–Trinajstić information content (AvgIpc) is 4.04. The molecule has 6 heteroatoms. The zero-order valence-corrected chi connectivity index (χ0v) is 34.9. The van der Waals surface area contributed by atoms with Crippen LogP contribution in [0.5, 0.6) is 0 Å². The number of aromatic nitrogens is 5. The van der Waals surface area contributed by atoms with Crippen LogP contribution < -0.4 is 0 Å².